The lowest BCUT2D eigenvalue weighted by Crippen LogP contribution is -2.48. The zero-order valence-corrected chi connectivity index (χ0v) is 26.6. The Morgan fingerprint density at radius 3 is 2.60 bits per heavy atom. The molecule has 1 aromatic heterocycles. The van der Waals surface area contributed by atoms with Gasteiger partial charge in [0.25, 0.3) is 5.91 Å². The van der Waals surface area contributed by atoms with Gasteiger partial charge < -0.3 is 25.3 Å². The highest BCUT2D eigenvalue weighted by Crippen LogP contribution is 2.54. The Hall–Kier alpha value is -4.00. The number of rotatable bonds is 9. The fourth-order valence-electron chi connectivity index (χ4n) is 8.30. The van der Waals surface area contributed by atoms with Gasteiger partial charge in [-0.05, 0) is 87.0 Å². The Morgan fingerprint density at radius 1 is 1.12 bits per heavy atom. The monoisotopic (exact) mass is 670 g/mol. The lowest BCUT2D eigenvalue weighted by molar-refractivity contribution is -0.140. The smallest absolute Gasteiger partial charge is 0.419 e. The quantitative estimate of drug-likeness (QED) is 0.227. The number of fused-ring (bicyclic) bond motifs is 3. The van der Waals surface area contributed by atoms with Crippen molar-refractivity contribution in [1.29, 1.82) is 0 Å². The van der Waals surface area contributed by atoms with Crippen LogP contribution in [0.25, 0.3) is 0 Å². The van der Waals surface area contributed by atoms with Crippen LogP contribution in [0.15, 0.2) is 47.3 Å². The second-order valence-electron chi connectivity index (χ2n) is 13.7. The van der Waals surface area contributed by atoms with Crippen molar-refractivity contribution in [3.63, 3.8) is 0 Å². The first-order chi connectivity index (χ1) is 23.0. The number of carbonyl (C=O) groups excluding carboxylic acids is 2. The first-order valence-electron chi connectivity index (χ1n) is 16.6. The number of halogens is 4. The number of nitrogens with zero attached hydrogens (tertiary/aromatic N) is 2. The van der Waals surface area contributed by atoms with E-state index in [0.717, 1.165) is 30.9 Å². The van der Waals surface area contributed by atoms with E-state index in [1.54, 1.807) is 12.3 Å². The second-order valence-corrected chi connectivity index (χ2v) is 13.7. The number of amides is 2. The van der Waals surface area contributed by atoms with Crippen LogP contribution in [0.4, 0.5) is 23.2 Å². The molecule has 2 bridgehead atoms. The van der Waals surface area contributed by atoms with Crippen LogP contribution in [-0.4, -0.2) is 53.0 Å². The summed E-state index contributed by atoms with van der Waals surface area (Å²) in [4.78, 5) is 38.0. The number of pyridine rings is 1. The minimum absolute atomic E-state index is 0.0552. The number of carbonyl (C=O) groups is 2. The molecule has 9 nitrogen and oxygen atoms in total. The molecule has 2 amide bonds. The van der Waals surface area contributed by atoms with Crippen LogP contribution in [0.1, 0.15) is 73.4 Å². The van der Waals surface area contributed by atoms with Crippen LogP contribution in [0.5, 0.6) is 5.88 Å². The minimum atomic E-state index is -4.93. The Bertz CT molecular complexity index is 1670. The van der Waals surface area contributed by atoms with E-state index >= 15 is 0 Å². The maximum atomic E-state index is 14.0. The van der Waals surface area contributed by atoms with E-state index < -0.39 is 47.4 Å². The van der Waals surface area contributed by atoms with E-state index in [-0.39, 0.29) is 46.9 Å². The SMILES string of the molecule is CCC(O)C1CC2ON=C(c3cnc(OC)c(C(=O)N[C@H]4[C@@H](C(=O)Nc5ccc(F)c(C(F)(F)F)c5)[C@H]5CC[C@@H]4/C5=C\C4CC4)c3)C2C1. The van der Waals surface area contributed by atoms with Gasteiger partial charge in [-0.3, -0.25) is 9.59 Å². The van der Waals surface area contributed by atoms with Gasteiger partial charge in [-0.1, -0.05) is 23.7 Å². The standard InChI is InChI=1S/C35H38F4N4O5/c1-3-27(44)17-11-23-28(13-17)48-43-30(23)18-12-24(34(47-2)40-15-18)32(45)42-31-21-8-7-20(22(21)10-16-4-5-16)29(31)33(46)41-19-6-9-26(36)25(14-19)35(37,38)39/h6,9-10,12,14-17,20-21,23,27-29,31,44H,3-5,7-8,11,13H2,1-2H3,(H,41,46)(H,42,45)/b22-10-/t17?,20-,21+,23?,27?,28?,29-,31+/m0/s1. The molecule has 5 aliphatic rings. The van der Waals surface area contributed by atoms with Gasteiger partial charge in [-0.2, -0.15) is 13.2 Å². The van der Waals surface area contributed by atoms with Crippen molar-refractivity contribution in [1.82, 2.24) is 10.3 Å². The molecule has 2 aromatic rings. The molecule has 0 radical (unpaired) electrons. The predicted molar refractivity (Wildman–Crippen MR) is 167 cm³/mol. The fraction of sp³-hybridized carbons (Fsp3) is 0.543. The molecule has 7 rings (SSSR count). The predicted octanol–water partition coefficient (Wildman–Crippen LogP) is 5.88. The van der Waals surface area contributed by atoms with Gasteiger partial charge in [0, 0.05) is 35.3 Å². The maximum absolute atomic E-state index is 14.0. The number of oxime groups is 1. The molecule has 13 heteroatoms. The van der Waals surface area contributed by atoms with Crippen molar-refractivity contribution >= 4 is 23.2 Å². The van der Waals surface area contributed by atoms with Gasteiger partial charge in [0.2, 0.25) is 11.8 Å². The van der Waals surface area contributed by atoms with Crippen LogP contribution in [-0.2, 0) is 15.8 Å². The molecule has 4 unspecified atom stereocenters. The summed E-state index contributed by atoms with van der Waals surface area (Å²) >= 11 is 0. The average molecular weight is 671 g/mol. The summed E-state index contributed by atoms with van der Waals surface area (Å²) in [7, 11) is 1.40. The Kier molecular flexibility index (Phi) is 8.45. The second kappa shape index (κ2) is 12.5. The topological polar surface area (TPSA) is 122 Å². The number of alkyl halides is 3. The fourth-order valence-corrected chi connectivity index (χ4v) is 8.30. The minimum Gasteiger partial charge on any atom is -0.480 e. The van der Waals surface area contributed by atoms with Gasteiger partial charge in [-0.15, -0.1) is 0 Å². The normalized spacial score (nSPS) is 30.5. The number of aliphatic hydroxyl groups excluding tert-OH is 1. The molecule has 4 aliphatic carbocycles. The zero-order chi connectivity index (χ0) is 33.9. The first kappa shape index (κ1) is 32.5. The van der Waals surface area contributed by atoms with Gasteiger partial charge in [-0.25, -0.2) is 9.37 Å². The van der Waals surface area contributed by atoms with E-state index in [1.807, 2.05) is 6.92 Å². The van der Waals surface area contributed by atoms with E-state index in [1.165, 1.54) is 7.11 Å². The molecule has 8 atom stereocenters. The summed E-state index contributed by atoms with van der Waals surface area (Å²) in [6.07, 6.45) is 3.84. The Morgan fingerprint density at radius 2 is 1.90 bits per heavy atom. The number of allylic oxidation sites excluding steroid dienone is 1. The van der Waals surface area contributed by atoms with E-state index in [9.17, 15) is 32.3 Å². The highest BCUT2D eigenvalue weighted by molar-refractivity contribution is 6.06. The summed E-state index contributed by atoms with van der Waals surface area (Å²) in [5.41, 5.74) is 0.849. The Balaban J connectivity index is 1.15. The number of aromatic nitrogens is 1. The van der Waals surface area contributed by atoms with E-state index in [0.29, 0.717) is 55.0 Å². The molecule has 0 spiro atoms. The lowest BCUT2D eigenvalue weighted by atomic mass is 9.83. The molecule has 2 heterocycles. The van der Waals surface area contributed by atoms with E-state index in [2.05, 4.69) is 26.8 Å². The summed E-state index contributed by atoms with van der Waals surface area (Å²) in [5, 5.41) is 20.4. The number of nitrogens with one attached hydrogen (secondary N) is 2. The van der Waals surface area contributed by atoms with Gasteiger partial charge in [0.05, 0.1) is 30.4 Å². The highest BCUT2D eigenvalue weighted by Gasteiger charge is 2.55. The summed E-state index contributed by atoms with van der Waals surface area (Å²) < 4.78 is 59.6. The van der Waals surface area contributed by atoms with Crippen LogP contribution >= 0.6 is 0 Å². The largest absolute Gasteiger partial charge is 0.480 e. The van der Waals surface area contributed by atoms with Crippen LogP contribution in [0.2, 0.25) is 0 Å². The third-order valence-electron chi connectivity index (χ3n) is 10.8. The number of ether oxygens (including phenoxy) is 1. The molecule has 48 heavy (non-hydrogen) atoms. The van der Waals surface area contributed by atoms with Crippen molar-refractivity contribution in [2.24, 2.45) is 40.7 Å². The summed E-state index contributed by atoms with van der Waals surface area (Å²) in [6.45, 7) is 1.94. The molecular formula is C35H38F4N4O5. The van der Waals surface area contributed by atoms with Crippen LogP contribution < -0.4 is 15.4 Å². The van der Waals surface area contributed by atoms with E-state index in [4.69, 9.17) is 9.57 Å². The molecule has 4 fully saturated rings. The van der Waals surface area contributed by atoms with Gasteiger partial charge in [0.15, 0.2) is 0 Å². The molecule has 4 saturated carbocycles. The lowest BCUT2D eigenvalue weighted by Gasteiger charge is -2.30. The van der Waals surface area contributed by atoms with Crippen molar-refractivity contribution in [3.05, 3.63) is 64.6 Å². The number of methoxy groups -OCH3 is 1. The third-order valence-corrected chi connectivity index (χ3v) is 10.8. The number of benzene rings is 1. The summed E-state index contributed by atoms with van der Waals surface area (Å²) in [6, 6.07) is 3.38. The molecule has 256 valence electrons. The van der Waals surface area contributed by atoms with Crippen molar-refractivity contribution < 1.29 is 41.8 Å². The molecule has 0 saturated heterocycles. The van der Waals surface area contributed by atoms with Crippen LogP contribution in [0, 0.1) is 41.3 Å². The highest BCUT2D eigenvalue weighted by atomic mass is 19.4. The molecular weight excluding hydrogens is 632 g/mol. The third kappa shape index (κ3) is 5.94. The van der Waals surface area contributed by atoms with Crippen LogP contribution in [0.3, 0.4) is 0 Å². The van der Waals surface area contributed by atoms with Crippen molar-refractivity contribution in [2.45, 2.75) is 76.3 Å². The number of hydrogen-bond acceptors (Lipinski definition) is 7. The molecule has 1 aromatic carbocycles. The number of anilines is 1. The van der Waals surface area contributed by atoms with Crippen molar-refractivity contribution in [2.75, 3.05) is 12.4 Å². The van der Waals surface area contributed by atoms with Gasteiger partial charge in [0.1, 0.15) is 17.5 Å². The van der Waals surface area contributed by atoms with Crippen molar-refractivity contribution in [3.8, 4) is 5.88 Å². The number of aliphatic hydroxyl groups is 1. The maximum Gasteiger partial charge on any atom is 0.419 e. The zero-order valence-electron chi connectivity index (χ0n) is 26.6. The molecule has 1 aliphatic heterocycles. The molecule has 3 N–H and O–H groups in total. The van der Waals surface area contributed by atoms with Gasteiger partial charge >= 0.3 is 6.18 Å². The summed E-state index contributed by atoms with van der Waals surface area (Å²) in [5.74, 6) is -3.02. The first-order valence-corrected chi connectivity index (χ1v) is 16.6. The average Bonchev–Trinajstić information content (AvgIpc) is 3.33. The Labute approximate surface area is 275 Å². The number of hydrogen-bond donors (Lipinski definition) is 3.